The smallest absolute Gasteiger partial charge is 0.410 e. The molecule has 0 unspecified atom stereocenters. The lowest BCUT2D eigenvalue weighted by atomic mass is 9.74. The van der Waals surface area contributed by atoms with Gasteiger partial charge in [0.2, 0.25) is 0 Å². The molecule has 166 valence electrons. The van der Waals surface area contributed by atoms with Crippen LogP contribution in [0.2, 0.25) is 0 Å². The molecule has 1 spiro atoms. The molecule has 2 N–H and O–H groups in total. The number of carbonyl (C=O) groups is 2. The summed E-state index contributed by atoms with van der Waals surface area (Å²) in [6, 6.07) is 5.67. The lowest BCUT2D eigenvalue weighted by Gasteiger charge is -2.42. The van der Waals surface area contributed by atoms with Crippen LogP contribution in [-0.2, 0) is 11.2 Å². The summed E-state index contributed by atoms with van der Waals surface area (Å²) in [5.74, 6) is -0.110. The minimum absolute atomic E-state index is 0.00240. The van der Waals surface area contributed by atoms with Crippen molar-refractivity contribution in [2.45, 2.75) is 64.9 Å². The Morgan fingerprint density at radius 1 is 1.13 bits per heavy atom. The summed E-state index contributed by atoms with van der Waals surface area (Å²) in [7, 11) is 0. The lowest BCUT2D eigenvalue weighted by molar-refractivity contribution is 0.00854. The Balaban J connectivity index is 1.66. The van der Waals surface area contributed by atoms with Gasteiger partial charge >= 0.3 is 6.09 Å². The van der Waals surface area contributed by atoms with Gasteiger partial charge in [0.15, 0.2) is 0 Å². The summed E-state index contributed by atoms with van der Waals surface area (Å²) in [5.41, 5.74) is 0.954. The van der Waals surface area contributed by atoms with Crippen LogP contribution < -0.4 is 10.6 Å². The maximum absolute atomic E-state index is 12.7. The molecule has 0 aromatic carbocycles. The van der Waals surface area contributed by atoms with Gasteiger partial charge in [-0.2, -0.15) is 0 Å². The minimum atomic E-state index is -0.488. The number of nitrogens with zero attached hydrogens (tertiary/aromatic N) is 2. The Morgan fingerprint density at radius 3 is 2.60 bits per heavy atom. The third-order valence-electron chi connectivity index (χ3n) is 5.99. The van der Waals surface area contributed by atoms with Crippen LogP contribution in [0.15, 0.2) is 18.2 Å². The number of fused-ring (bicyclic) bond motifs is 2. The predicted molar refractivity (Wildman–Crippen MR) is 116 cm³/mol. The first-order chi connectivity index (χ1) is 14.3. The zero-order chi connectivity index (χ0) is 21.6. The van der Waals surface area contributed by atoms with Crippen LogP contribution in [0.3, 0.4) is 0 Å². The Kier molecular flexibility index (Phi) is 7.34. The van der Waals surface area contributed by atoms with E-state index in [0.29, 0.717) is 25.3 Å². The molecule has 2 amide bonds. The van der Waals surface area contributed by atoms with Crippen molar-refractivity contribution in [3.05, 3.63) is 29.6 Å². The van der Waals surface area contributed by atoms with E-state index < -0.39 is 5.60 Å². The van der Waals surface area contributed by atoms with Crippen LogP contribution in [0, 0.1) is 5.41 Å². The van der Waals surface area contributed by atoms with Gasteiger partial charge in [0, 0.05) is 25.3 Å². The van der Waals surface area contributed by atoms with Gasteiger partial charge in [-0.1, -0.05) is 6.07 Å². The molecule has 2 aliphatic rings. The van der Waals surface area contributed by atoms with Gasteiger partial charge in [0.05, 0.1) is 0 Å². The van der Waals surface area contributed by atoms with E-state index in [2.05, 4.69) is 15.6 Å². The van der Waals surface area contributed by atoms with E-state index in [1.165, 1.54) is 0 Å². The van der Waals surface area contributed by atoms with E-state index in [1.54, 1.807) is 11.0 Å². The predicted octanol–water partition coefficient (Wildman–Crippen LogP) is 3.14. The van der Waals surface area contributed by atoms with Gasteiger partial charge in [-0.15, -0.1) is 0 Å². The Hall–Kier alpha value is -2.15. The molecule has 0 aliphatic carbocycles. The molecular weight excluding hydrogens is 380 g/mol. The zero-order valence-corrected chi connectivity index (χ0v) is 18.6. The SMILES string of the molecule is CC(C)(C)OC(=O)N1CCC2(CCCNCCCc3cccc(n3)C(=O)NC2)CC1. The molecule has 3 rings (SSSR count). The number of likely N-dealkylation sites (tertiary alicyclic amines) is 1. The first kappa shape index (κ1) is 22.5. The van der Waals surface area contributed by atoms with E-state index in [4.69, 9.17) is 4.74 Å². The van der Waals surface area contributed by atoms with Crippen molar-refractivity contribution < 1.29 is 14.3 Å². The Labute approximate surface area is 180 Å². The van der Waals surface area contributed by atoms with Crippen molar-refractivity contribution >= 4 is 12.0 Å². The third kappa shape index (κ3) is 6.42. The van der Waals surface area contributed by atoms with E-state index in [-0.39, 0.29) is 17.4 Å². The molecule has 1 saturated heterocycles. The monoisotopic (exact) mass is 416 g/mol. The van der Waals surface area contributed by atoms with E-state index in [9.17, 15) is 9.59 Å². The summed E-state index contributed by atoms with van der Waals surface area (Å²) in [5, 5.41) is 6.66. The quantitative estimate of drug-likeness (QED) is 0.679. The highest BCUT2D eigenvalue weighted by Gasteiger charge is 2.37. The van der Waals surface area contributed by atoms with Crippen LogP contribution in [0.5, 0.6) is 0 Å². The molecule has 30 heavy (non-hydrogen) atoms. The van der Waals surface area contributed by atoms with Crippen LogP contribution in [0.1, 0.15) is 69.1 Å². The molecule has 1 aromatic heterocycles. The maximum Gasteiger partial charge on any atom is 0.410 e. The first-order valence-corrected chi connectivity index (χ1v) is 11.2. The molecule has 0 radical (unpaired) electrons. The van der Waals surface area contributed by atoms with Gasteiger partial charge in [0.1, 0.15) is 11.3 Å². The second-order valence-corrected chi connectivity index (χ2v) is 9.62. The highest BCUT2D eigenvalue weighted by Crippen LogP contribution is 2.36. The maximum atomic E-state index is 12.7. The number of piperidine rings is 1. The van der Waals surface area contributed by atoms with Crippen molar-refractivity contribution in [3.8, 4) is 0 Å². The average molecular weight is 417 g/mol. The summed E-state index contributed by atoms with van der Waals surface area (Å²) in [6.45, 7) is 9.52. The topological polar surface area (TPSA) is 83.6 Å². The number of hydrogen-bond acceptors (Lipinski definition) is 5. The Morgan fingerprint density at radius 2 is 1.87 bits per heavy atom. The fourth-order valence-electron chi connectivity index (χ4n) is 4.22. The number of aromatic nitrogens is 1. The van der Waals surface area contributed by atoms with Crippen molar-refractivity contribution in [2.24, 2.45) is 5.41 Å². The molecule has 3 heterocycles. The highest BCUT2D eigenvalue weighted by molar-refractivity contribution is 5.92. The summed E-state index contributed by atoms with van der Waals surface area (Å²) in [6.07, 6.45) is 5.44. The van der Waals surface area contributed by atoms with E-state index in [0.717, 1.165) is 57.3 Å². The molecule has 2 aliphatic heterocycles. The molecule has 7 heteroatoms. The second kappa shape index (κ2) is 9.77. The molecule has 1 aromatic rings. The number of amides is 2. The van der Waals surface area contributed by atoms with Gasteiger partial charge in [-0.05, 0) is 89.9 Å². The number of carbonyl (C=O) groups excluding carboxylic acids is 2. The number of nitrogens with one attached hydrogen (secondary N) is 2. The molecule has 7 nitrogen and oxygen atoms in total. The van der Waals surface area contributed by atoms with Crippen LogP contribution in [-0.4, -0.2) is 60.2 Å². The minimum Gasteiger partial charge on any atom is -0.444 e. The second-order valence-electron chi connectivity index (χ2n) is 9.62. The molecule has 2 bridgehead atoms. The summed E-state index contributed by atoms with van der Waals surface area (Å²) in [4.78, 5) is 31.5. The highest BCUT2D eigenvalue weighted by atomic mass is 16.6. The molecule has 0 saturated carbocycles. The van der Waals surface area contributed by atoms with Gasteiger partial charge in [0.25, 0.3) is 5.91 Å². The van der Waals surface area contributed by atoms with Gasteiger partial charge in [-0.3, -0.25) is 4.79 Å². The number of pyridine rings is 1. The normalized spacial score (nSPS) is 20.9. The lowest BCUT2D eigenvalue weighted by Crippen LogP contribution is -2.49. The van der Waals surface area contributed by atoms with Crippen molar-refractivity contribution in [1.29, 1.82) is 0 Å². The fourth-order valence-corrected chi connectivity index (χ4v) is 4.22. The number of ether oxygens (including phenoxy) is 1. The molecule has 1 fully saturated rings. The van der Waals surface area contributed by atoms with E-state index in [1.807, 2.05) is 32.9 Å². The Bertz CT molecular complexity index is 736. The summed E-state index contributed by atoms with van der Waals surface area (Å²) < 4.78 is 5.53. The van der Waals surface area contributed by atoms with Gasteiger partial charge in [-0.25, -0.2) is 9.78 Å². The van der Waals surface area contributed by atoms with E-state index >= 15 is 0 Å². The molecule has 0 atom stereocenters. The summed E-state index contributed by atoms with van der Waals surface area (Å²) >= 11 is 0. The zero-order valence-electron chi connectivity index (χ0n) is 18.6. The number of aryl methyl sites for hydroxylation is 1. The largest absolute Gasteiger partial charge is 0.444 e. The van der Waals surface area contributed by atoms with Crippen LogP contribution >= 0.6 is 0 Å². The van der Waals surface area contributed by atoms with Crippen LogP contribution in [0.25, 0.3) is 0 Å². The first-order valence-electron chi connectivity index (χ1n) is 11.2. The van der Waals surface area contributed by atoms with Crippen LogP contribution in [0.4, 0.5) is 4.79 Å². The average Bonchev–Trinajstić information content (AvgIpc) is 2.70. The third-order valence-corrected chi connectivity index (χ3v) is 5.99. The van der Waals surface area contributed by atoms with Gasteiger partial charge < -0.3 is 20.3 Å². The van der Waals surface area contributed by atoms with Crippen molar-refractivity contribution in [2.75, 3.05) is 32.7 Å². The van der Waals surface area contributed by atoms with Crippen molar-refractivity contribution in [3.63, 3.8) is 0 Å². The fraction of sp³-hybridized carbons (Fsp3) is 0.696. The number of rotatable bonds is 0. The van der Waals surface area contributed by atoms with Crippen molar-refractivity contribution in [1.82, 2.24) is 20.5 Å². The standard InChI is InChI=1S/C23H36N4O3/c1-22(2,3)30-21(29)27-15-11-23(12-16-27)10-6-14-24-13-5-8-18-7-4-9-19(26-18)20(28)25-17-23/h4,7,9,24H,5-6,8,10-17H2,1-3H3,(H,25,28). The number of hydrogen-bond donors (Lipinski definition) is 2. The molecular formula is C23H36N4O3.